The number of hydrogen-bond donors (Lipinski definition) is 1. The Labute approximate surface area is 152 Å². The van der Waals surface area contributed by atoms with E-state index in [4.69, 9.17) is 9.47 Å². The third kappa shape index (κ3) is 6.08. The van der Waals surface area contributed by atoms with Crippen molar-refractivity contribution < 1.29 is 19.2 Å². The van der Waals surface area contributed by atoms with Crippen molar-refractivity contribution in [3.63, 3.8) is 0 Å². The van der Waals surface area contributed by atoms with Crippen LogP contribution < -0.4 is 14.8 Å². The molecule has 0 aliphatic heterocycles. The third-order valence-electron chi connectivity index (χ3n) is 3.51. The fraction of sp³-hybridized carbons (Fsp3) is 0.316. The molecule has 2 aromatic carbocycles. The van der Waals surface area contributed by atoms with Crippen LogP contribution in [0.1, 0.15) is 20.3 Å². The highest BCUT2D eigenvalue weighted by molar-refractivity contribution is 5.94. The SMILES string of the molecule is CC(C)CCOc1cccc(OCC(=O)Nc2ccccc2[N+](=O)[O-])c1. The number of amides is 1. The predicted molar refractivity (Wildman–Crippen MR) is 98.6 cm³/mol. The number of carbonyl (C=O) groups excluding carboxylic acids is 1. The molecule has 7 heteroatoms. The van der Waals surface area contributed by atoms with E-state index in [2.05, 4.69) is 19.2 Å². The molecule has 0 saturated heterocycles. The van der Waals surface area contributed by atoms with E-state index in [-0.39, 0.29) is 18.0 Å². The minimum Gasteiger partial charge on any atom is -0.493 e. The summed E-state index contributed by atoms with van der Waals surface area (Å²) in [6.07, 6.45) is 0.948. The second kappa shape index (κ2) is 9.41. The van der Waals surface area contributed by atoms with Crippen molar-refractivity contribution in [1.29, 1.82) is 0 Å². The monoisotopic (exact) mass is 358 g/mol. The van der Waals surface area contributed by atoms with E-state index in [1.807, 2.05) is 6.07 Å². The van der Waals surface area contributed by atoms with E-state index in [0.29, 0.717) is 24.0 Å². The maximum absolute atomic E-state index is 12.0. The Kier molecular flexibility index (Phi) is 6.96. The zero-order chi connectivity index (χ0) is 18.9. The second-order valence-corrected chi connectivity index (χ2v) is 6.12. The Morgan fingerprint density at radius 2 is 1.81 bits per heavy atom. The van der Waals surface area contributed by atoms with Gasteiger partial charge in [-0.25, -0.2) is 0 Å². The molecule has 0 atom stereocenters. The van der Waals surface area contributed by atoms with Crippen LogP contribution in [0.25, 0.3) is 0 Å². The summed E-state index contributed by atoms with van der Waals surface area (Å²) in [6.45, 7) is 4.60. The van der Waals surface area contributed by atoms with Crippen LogP contribution in [-0.2, 0) is 4.79 Å². The van der Waals surface area contributed by atoms with Crippen LogP contribution in [0.5, 0.6) is 11.5 Å². The highest BCUT2D eigenvalue weighted by Crippen LogP contribution is 2.23. The number of carbonyl (C=O) groups is 1. The van der Waals surface area contributed by atoms with Crippen molar-refractivity contribution in [1.82, 2.24) is 0 Å². The average molecular weight is 358 g/mol. The first-order chi connectivity index (χ1) is 12.5. The zero-order valence-electron chi connectivity index (χ0n) is 14.8. The van der Waals surface area contributed by atoms with Crippen molar-refractivity contribution in [3.8, 4) is 11.5 Å². The molecule has 0 radical (unpaired) electrons. The highest BCUT2D eigenvalue weighted by atomic mass is 16.6. The lowest BCUT2D eigenvalue weighted by atomic mass is 10.1. The summed E-state index contributed by atoms with van der Waals surface area (Å²) in [5, 5.41) is 13.4. The first kappa shape index (κ1) is 19.2. The number of nitro benzene ring substituents is 1. The van der Waals surface area contributed by atoms with Gasteiger partial charge in [0.1, 0.15) is 17.2 Å². The van der Waals surface area contributed by atoms with E-state index in [9.17, 15) is 14.9 Å². The Balaban J connectivity index is 1.88. The van der Waals surface area contributed by atoms with Gasteiger partial charge in [0.25, 0.3) is 11.6 Å². The van der Waals surface area contributed by atoms with Crippen LogP contribution in [0.3, 0.4) is 0 Å². The predicted octanol–water partition coefficient (Wildman–Crippen LogP) is 4.04. The Hall–Kier alpha value is -3.09. The summed E-state index contributed by atoms with van der Waals surface area (Å²) < 4.78 is 11.1. The molecular weight excluding hydrogens is 336 g/mol. The molecule has 26 heavy (non-hydrogen) atoms. The van der Waals surface area contributed by atoms with Gasteiger partial charge in [-0.3, -0.25) is 14.9 Å². The molecule has 1 amide bonds. The summed E-state index contributed by atoms with van der Waals surface area (Å²) in [6, 6.07) is 13.0. The van der Waals surface area contributed by atoms with Gasteiger partial charge in [-0.2, -0.15) is 0 Å². The van der Waals surface area contributed by atoms with Crippen LogP contribution in [0.4, 0.5) is 11.4 Å². The van der Waals surface area contributed by atoms with Crippen LogP contribution in [0.2, 0.25) is 0 Å². The lowest BCUT2D eigenvalue weighted by molar-refractivity contribution is -0.383. The molecule has 0 aliphatic carbocycles. The molecule has 138 valence electrons. The molecule has 0 saturated carbocycles. The van der Waals surface area contributed by atoms with Crippen LogP contribution in [0, 0.1) is 16.0 Å². The molecule has 1 N–H and O–H groups in total. The van der Waals surface area contributed by atoms with Gasteiger partial charge in [-0.05, 0) is 30.5 Å². The lowest BCUT2D eigenvalue weighted by Gasteiger charge is -2.11. The van der Waals surface area contributed by atoms with Crippen LogP contribution >= 0.6 is 0 Å². The van der Waals surface area contributed by atoms with Crippen LogP contribution in [-0.4, -0.2) is 24.0 Å². The average Bonchev–Trinajstić information content (AvgIpc) is 2.60. The minimum absolute atomic E-state index is 0.136. The first-order valence-electron chi connectivity index (χ1n) is 8.34. The van der Waals surface area contributed by atoms with Gasteiger partial charge in [0.15, 0.2) is 6.61 Å². The van der Waals surface area contributed by atoms with E-state index >= 15 is 0 Å². The molecular formula is C19H22N2O5. The number of nitrogens with one attached hydrogen (secondary N) is 1. The molecule has 0 fully saturated rings. The number of rotatable bonds is 9. The summed E-state index contributed by atoms with van der Waals surface area (Å²) in [4.78, 5) is 22.4. The van der Waals surface area contributed by atoms with Crippen LogP contribution in [0.15, 0.2) is 48.5 Å². The number of nitro groups is 1. The Morgan fingerprint density at radius 3 is 2.50 bits per heavy atom. The fourth-order valence-electron chi connectivity index (χ4n) is 2.14. The zero-order valence-corrected chi connectivity index (χ0v) is 14.8. The number of para-hydroxylation sites is 2. The number of nitrogens with zero attached hydrogens (tertiary/aromatic N) is 1. The highest BCUT2D eigenvalue weighted by Gasteiger charge is 2.15. The topological polar surface area (TPSA) is 90.7 Å². The van der Waals surface area contributed by atoms with Gasteiger partial charge in [0.05, 0.1) is 11.5 Å². The van der Waals surface area contributed by atoms with Gasteiger partial charge < -0.3 is 14.8 Å². The molecule has 7 nitrogen and oxygen atoms in total. The number of benzene rings is 2. The summed E-state index contributed by atoms with van der Waals surface area (Å²) in [5.74, 6) is 1.23. The number of anilines is 1. The maximum atomic E-state index is 12.0. The van der Waals surface area contributed by atoms with Gasteiger partial charge in [0.2, 0.25) is 0 Å². The molecule has 0 bridgehead atoms. The third-order valence-corrected chi connectivity index (χ3v) is 3.51. The van der Waals surface area contributed by atoms with E-state index in [1.165, 1.54) is 18.2 Å². The Bertz CT molecular complexity index is 761. The molecule has 0 aromatic heterocycles. The fourth-order valence-corrected chi connectivity index (χ4v) is 2.14. The van der Waals surface area contributed by atoms with Gasteiger partial charge >= 0.3 is 0 Å². The van der Waals surface area contributed by atoms with E-state index in [1.54, 1.807) is 24.3 Å². The van der Waals surface area contributed by atoms with Crippen molar-refractivity contribution in [2.45, 2.75) is 20.3 Å². The lowest BCUT2D eigenvalue weighted by Crippen LogP contribution is -2.20. The van der Waals surface area contributed by atoms with Crippen molar-refractivity contribution in [2.75, 3.05) is 18.5 Å². The van der Waals surface area contributed by atoms with E-state index in [0.717, 1.165) is 6.42 Å². The minimum atomic E-state index is -0.547. The standard InChI is InChI=1S/C19H22N2O5/c1-14(2)10-11-25-15-6-5-7-16(12-15)26-13-19(22)20-17-8-3-4-9-18(17)21(23)24/h3-9,12,14H,10-11,13H2,1-2H3,(H,20,22). The van der Waals surface area contributed by atoms with Gasteiger partial charge in [-0.15, -0.1) is 0 Å². The smallest absolute Gasteiger partial charge is 0.292 e. The van der Waals surface area contributed by atoms with E-state index < -0.39 is 10.8 Å². The summed E-state index contributed by atoms with van der Waals surface area (Å²) in [5.41, 5.74) is -0.0294. The number of ether oxygens (including phenoxy) is 2. The van der Waals surface area contributed by atoms with Crippen molar-refractivity contribution in [2.24, 2.45) is 5.92 Å². The molecule has 2 aromatic rings. The molecule has 0 unspecified atom stereocenters. The van der Waals surface area contributed by atoms with Gasteiger partial charge in [-0.1, -0.05) is 32.0 Å². The summed E-state index contributed by atoms with van der Waals surface area (Å²) >= 11 is 0. The molecule has 0 aliphatic rings. The maximum Gasteiger partial charge on any atom is 0.292 e. The van der Waals surface area contributed by atoms with Crippen molar-refractivity contribution in [3.05, 3.63) is 58.6 Å². The Morgan fingerprint density at radius 1 is 1.12 bits per heavy atom. The number of hydrogen-bond acceptors (Lipinski definition) is 5. The summed E-state index contributed by atoms with van der Waals surface area (Å²) in [7, 11) is 0. The molecule has 0 heterocycles. The quantitative estimate of drug-likeness (QED) is 0.540. The van der Waals surface area contributed by atoms with Crippen molar-refractivity contribution >= 4 is 17.3 Å². The molecule has 2 rings (SSSR count). The largest absolute Gasteiger partial charge is 0.493 e. The van der Waals surface area contributed by atoms with Gasteiger partial charge in [0, 0.05) is 12.1 Å². The normalized spacial score (nSPS) is 10.4. The molecule has 0 spiro atoms. The first-order valence-corrected chi connectivity index (χ1v) is 8.34. The second-order valence-electron chi connectivity index (χ2n) is 6.12.